The summed E-state index contributed by atoms with van der Waals surface area (Å²) in [4.78, 5) is 7.25. The van der Waals surface area contributed by atoms with Gasteiger partial charge in [0.1, 0.15) is 23.1 Å². The SMILES string of the molecule is COc1ccc2nc(-c3c(O)cccc3F)[nH]c2c1. The first-order valence-corrected chi connectivity index (χ1v) is 5.70. The van der Waals surface area contributed by atoms with E-state index in [9.17, 15) is 9.50 Å². The first-order chi connectivity index (χ1) is 9.19. The first kappa shape index (κ1) is 11.5. The number of hydrogen-bond donors (Lipinski definition) is 2. The van der Waals surface area contributed by atoms with Crippen LogP contribution in [0.1, 0.15) is 0 Å². The second-order valence-corrected chi connectivity index (χ2v) is 4.10. The third-order valence-corrected chi connectivity index (χ3v) is 2.92. The summed E-state index contributed by atoms with van der Waals surface area (Å²) in [5, 5.41) is 9.75. The molecule has 1 heterocycles. The molecule has 0 fully saturated rings. The highest BCUT2D eigenvalue weighted by Gasteiger charge is 2.14. The van der Waals surface area contributed by atoms with Crippen LogP contribution in [0.2, 0.25) is 0 Å². The van der Waals surface area contributed by atoms with Gasteiger partial charge < -0.3 is 14.8 Å². The number of hydrogen-bond acceptors (Lipinski definition) is 3. The highest BCUT2D eigenvalue weighted by Crippen LogP contribution is 2.31. The minimum atomic E-state index is -0.522. The number of aromatic hydroxyl groups is 1. The number of halogens is 1. The lowest BCUT2D eigenvalue weighted by molar-refractivity contribution is 0.415. The van der Waals surface area contributed by atoms with Crippen molar-refractivity contribution in [2.24, 2.45) is 0 Å². The van der Waals surface area contributed by atoms with Gasteiger partial charge >= 0.3 is 0 Å². The summed E-state index contributed by atoms with van der Waals surface area (Å²) < 4.78 is 18.9. The molecule has 3 rings (SSSR count). The molecule has 96 valence electrons. The largest absolute Gasteiger partial charge is 0.507 e. The Kier molecular flexibility index (Phi) is 2.59. The zero-order chi connectivity index (χ0) is 13.4. The smallest absolute Gasteiger partial charge is 0.145 e. The van der Waals surface area contributed by atoms with Gasteiger partial charge in [0.15, 0.2) is 0 Å². The molecular weight excluding hydrogens is 247 g/mol. The molecule has 2 N–H and O–H groups in total. The van der Waals surface area contributed by atoms with Gasteiger partial charge in [-0.15, -0.1) is 0 Å². The fourth-order valence-corrected chi connectivity index (χ4v) is 1.98. The number of imidazole rings is 1. The van der Waals surface area contributed by atoms with Gasteiger partial charge in [-0.2, -0.15) is 0 Å². The standard InChI is InChI=1S/C14H11FN2O2/c1-19-8-5-6-10-11(7-8)17-14(16-10)13-9(15)3-2-4-12(13)18/h2-7,18H,1H3,(H,16,17). The molecule has 0 bridgehead atoms. The van der Waals surface area contributed by atoms with Crippen molar-refractivity contribution in [2.75, 3.05) is 7.11 Å². The molecule has 0 unspecified atom stereocenters. The number of aromatic amines is 1. The van der Waals surface area contributed by atoms with Crippen LogP contribution in [0.3, 0.4) is 0 Å². The Morgan fingerprint density at radius 2 is 2.11 bits per heavy atom. The van der Waals surface area contributed by atoms with Crippen molar-refractivity contribution in [3.63, 3.8) is 0 Å². The van der Waals surface area contributed by atoms with E-state index in [1.165, 1.54) is 18.2 Å². The Morgan fingerprint density at radius 1 is 1.26 bits per heavy atom. The molecule has 0 spiro atoms. The van der Waals surface area contributed by atoms with Crippen molar-refractivity contribution in [2.45, 2.75) is 0 Å². The lowest BCUT2D eigenvalue weighted by Crippen LogP contribution is -1.86. The van der Waals surface area contributed by atoms with Gasteiger partial charge in [0, 0.05) is 6.07 Å². The Hall–Kier alpha value is -2.56. The van der Waals surface area contributed by atoms with Crippen LogP contribution in [0.4, 0.5) is 4.39 Å². The molecule has 0 saturated heterocycles. The summed E-state index contributed by atoms with van der Waals surface area (Å²) in [5.41, 5.74) is 1.47. The minimum absolute atomic E-state index is 0.0673. The highest BCUT2D eigenvalue weighted by molar-refractivity contribution is 5.81. The lowest BCUT2D eigenvalue weighted by atomic mass is 10.2. The number of aromatic nitrogens is 2. The number of nitrogens with one attached hydrogen (secondary N) is 1. The lowest BCUT2D eigenvalue weighted by Gasteiger charge is -2.01. The molecule has 1 aromatic heterocycles. The van der Waals surface area contributed by atoms with Gasteiger partial charge in [0.25, 0.3) is 0 Å². The molecule has 0 radical (unpaired) electrons. The predicted octanol–water partition coefficient (Wildman–Crippen LogP) is 3.08. The monoisotopic (exact) mass is 258 g/mol. The van der Waals surface area contributed by atoms with Crippen LogP contribution in [-0.2, 0) is 0 Å². The van der Waals surface area contributed by atoms with Gasteiger partial charge in [-0.05, 0) is 24.3 Å². The summed E-state index contributed by atoms with van der Waals surface area (Å²) in [6, 6.07) is 9.46. The molecule has 0 amide bonds. The molecular formula is C14H11FN2O2. The Labute approximate surface area is 108 Å². The average Bonchev–Trinajstić information content (AvgIpc) is 2.80. The molecule has 2 aromatic carbocycles. The van der Waals surface area contributed by atoms with Gasteiger partial charge in [0.05, 0.1) is 23.7 Å². The molecule has 19 heavy (non-hydrogen) atoms. The van der Waals surface area contributed by atoms with Crippen molar-refractivity contribution in [1.29, 1.82) is 0 Å². The molecule has 5 heteroatoms. The number of nitrogens with zero attached hydrogens (tertiary/aromatic N) is 1. The average molecular weight is 258 g/mol. The quantitative estimate of drug-likeness (QED) is 0.742. The van der Waals surface area contributed by atoms with Crippen molar-refractivity contribution >= 4 is 11.0 Å². The number of phenols is 1. The highest BCUT2D eigenvalue weighted by atomic mass is 19.1. The Morgan fingerprint density at radius 3 is 2.84 bits per heavy atom. The fraction of sp³-hybridized carbons (Fsp3) is 0.0714. The van der Waals surface area contributed by atoms with E-state index in [4.69, 9.17) is 4.74 Å². The summed E-state index contributed by atoms with van der Waals surface area (Å²) in [5.74, 6) is 0.302. The zero-order valence-electron chi connectivity index (χ0n) is 10.1. The maximum Gasteiger partial charge on any atom is 0.145 e. The van der Waals surface area contributed by atoms with Gasteiger partial charge in [0.2, 0.25) is 0 Å². The number of rotatable bonds is 2. The maximum absolute atomic E-state index is 13.8. The van der Waals surface area contributed by atoms with Crippen LogP contribution in [-0.4, -0.2) is 22.2 Å². The number of methoxy groups -OCH3 is 1. The Bertz CT molecular complexity index is 732. The maximum atomic E-state index is 13.8. The number of ether oxygens (including phenoxy) is 1. The number of fused-ring (bicyclic) bond motifs is 1. The van der Waals surface area contributed by atoms with Crippen LogP contribution < -0.4 is 4.74 Å². The number of phenolic OH excluding ortho intramolecular Hbond substituents is 1. The number of H-pyrrole nitrogens is 1. The van der Waals surface area contributed by atoms with Crippen LogP contribution >= 0.6 is 0 Å². The van der Waals surface area contributed by atoms with Gasteiger partial charge in [-0.25, -0.2) is 9.37 Å². The Balaban J connectivity index is 2.21. The summed E-state index contributed by atoms with van der Waals surface area (Å²) in [6.45, 7) is 0. The van der Waals surface area contributed by atoms with E-state index in [0.29, 0.717) is 17.1 Å². The predicted molar refractivity (Wildman–Crippen MR) is 69.7 cm³/mol. The summed E-state index contributed by atoms with van der Waals surface area (Å²) in [7, 11) is 1.57. The van der Waals surface area contributed by atoms with E-state index < -0.39 is 5.82 Å². The molecule has 0 aliphatic heterocycles. The van der Waals surface area contributed by atoms with Crippen molar-refractivity contribution < 1.29 is 14.2 Å². The molecule has 0 aliphatic rings. The van der Waals surface area contributed by atoms with Crippen LogP contribution in [0.25, 0.3) is 22.4 Å². The molecule has 4 nitrogen and oxygen atoms in total. The van der Waals surface area contributed by atoms with Gasteiger partial charge in [-0.1, -0.05) is 6.07 Å². The zero-order valence-corrected chi connectivity index (χ0v) is 10.1. The third-order valence-electron chi connectivity index (χ3n) is 2.92. The van der Waals surface area contributed by atoms with Crippen LogP contribution in [0.15, 0.2) is 36.4 Å². The number of benzene rings is 2. The fourth-order valence-electron chi connectivity index (χ4n) is 1.98. The van der Waals surface area contributed by atoms with Crippen LogP contribution in [0, 0.1) is 5.82 Å². The minimum Gasteiger partial charge on any atom is -0.507 e. The van der Waals surface area contributed by atoms with Gasteiger partial charge in [-0.3, -0.25) is 0 Å². The van der Waals surface area contributed by atoms with E-state index in [2.05, 4.69) is 9.97 Å². The molecule has 3 aromatic rings. The second-order valence-electron chi connectivity index (χ2n) is 4.10. The van der Waals surface area contributed by atoms with Crippen molar-refractivity contribution in [3.05, 3.63) is 42.2 Å². The molecule has 0 saturated carbocycles. The van der Waals surface area contributed by atoms with E-state index in [-0.39, 0.29) is 11.3 Å². The van der Waals surface area contributed by atoms with E-state index in [1.807, 2.05) is 0 Å². The first-order valence-electron chi connectivity index (χ1n) is 5.70. The van der Waals surface area contributed by atoms with E-state index in [0.717, 1.165) is 5.52 Å². The third kappa shape index (κ3) is 1.89. The molecule has 0 atom stereocenters. The second kappa shape index (κ2) is 4.28. The van der Waals surface area contributed by atoms with Crippen molar-refractivity contribution in [3.8, 4) is 22.9 Å². The summed E-state index contributed by atoms with van der Waals surface area (Å²) >= 11 is 0. The van der Waals surface area contributed by atoms with Crippen LogP contribution in [0.5, 0.6) is 11.5 Å². The van der Waals surface area contributed by atoms with E-state index in [1.54, 1.807) is 25.3 Å². The van der Waals surface area contributed by atoms with E-state index >= 15 is 0 Å². The van der Waals surface area contributed by atoms with Crippen molar-refractivity contribution in [1.82, 2.24) is 9.97 Å². The normalized spacial score (nSPS) is 10.8. The summed E-state index contributed by atoms with van der Waals surface area (Å²) in [6.07, 6.45) is 0. The molecule has 0 aliphatic carbocycles. The topological polar surface area (TPSA) is 58.1 Å².